The van der Waals surface area contributed by atoms with Crippen LogP contribution in [0.5, 0.6) is 0 Å². The van der Waals surface area contributed by atoms with Crippen molar-refractivity contribution in [2.75, 3.05) is 6.54 Å². The van der Waals surface area contributed by atoms with Crippen LogP contribution in [0, 0.1) is 19.3 Å². The molecule has 0 saturated heterocycles. The van der Waals surface area contributed by atoms with Crippen molar-refractivity contribution in [3.8, 4) is 0 Å². The third kappa shape index (κ3) is 2.93. The summed E-state index contributed by atoms with van der Waals surface area (Å²) >= 11 is 0. The quantitative estimate of drug-likeness (QED) is 0.748. The van der Waals surface area contributed by atoms with E-state index in [9.17, 15) is 0 Å². The zero-order valence-corrected chi connectivity index (χ0v) is 10.0. The van der Waals surface area contributed by atoms with E-state index in [1.807, 2.05) is 6.08 Å². The first kappa shape index (κ1) is 12.0. The minimum atomic E-state index is 0.0156. The molecule has 0 saturated carbocycles. The van der Waals surface area contributed by atoms with Gasteiger partial charge in [0.1, 0.15) is 0 Å². The Bertz CT molecular complexity index is 354. The predicted octanol–water partition coefficient (Wildman–Crippen LogP) is 3.00. The van der Waals surface area contributed by atoms with Gasteiger partial charge in [0.15, 0.2) is 0 Å². The fraction of sp³-hybridized carbons (Fsp3) is 0.429. The molecule has 0 aliphatic carbocycles. The third-order valence-corrected chi connectivity index (χ3v) is 3.14. The summed E-state index contributed by atoms with van der Waals surface area (Å²) in [5.74, 6) is 0. The molecule has 0 spiro atoms. The van der Waals surface area contributed by atoms with E-state index in [0.717, 1.165) is 6.42 Å². The van der Waals surface area contributed by atoms with Crippen LogP contribution >= 0.6 is 0 Å². The Kier molecular flexibility index (Phi) is 3.70. The molecule has 0 radical (unpaired) electrons. The van der Waals surface area contributed by atoms with Crippen LogP contribution < -0.4 is 5.73 Å². The van der Waals surface area contributed by atoms with Crippen LogP contribution in [-0.2, 0) is 6.42 Å². The van der Waals surface area contributed by atoms with Crippen LogP contribution in [0.15, 0.2) is 30.9 Å². The SMILES string of the molecule is C=CC(C)(CN)Cc1ccc(C)c(C)c1. The van der Waals surface area contributed by atoms with Crippen molar-refractivity contribution in [2.24, 2.45) is 11.1 Å². The maximum Gasteiger partial charge on any atom is 0.00146 e. The molecule has 1 unspecified atom stereocenters. The van der Waals surface area contributed by atoms with E-state index in [1.165, 1.54) is 16.7 Å². The summed E-state index contributed by atoms with van der Waals surface area (Å²) in [6, 6.07) is 6.59. The lowest BCUT2D eigenvalue weighted by Crippen LogP contribution is -2.27. The van der Waals surface area contributed by atoms with Crippen LogP contribution in [0.3, 0.4) is 0 Å². The number of aryl methyl sites for hydroxylation is 2. The summed E-state index contributed by atoms with van der Waals surface area (Å²) in [7, 11) is 0. The number of benzene rings is 1. The minimum Gasteiger partial charge on any atom is -0.330 e. The van der Waals surface area contributed by atoms with Gasteiger partial charge in [-0.3, -0.25) is 0 Å². The molecule has 1 atom stereocenters. The molecule has 0 fully saturated rings. The minimum absolute atomic E-state index is 0.0156. The van der Waals surface area contributed by atoms with E-state index < -0.39 is 0 Å². The lowest BCUT2D eigenvalue weighted by atomic mass is 9.83. The Morgan fingerprint density at radius 3 is 2.47 bits per heavy atom. The molecular formula is C14H21N. The molecule has 1 aromatic rings. The van der Waals surface area contributed by atoms with Gasteiger partial charge in [0.05, 0.1) is 0 Å². The Morgan fingerprint density at radius 1 is 1.33 bits per heavy atom. The van der Waals surface area contributed by atoms with E-state index in [4.69, 9.17) is 5.73 Å². The highest BCUT2D eigenvalue weighted by Gasteiger charge is 2.18. The molecule has 1 heteroatoms. The van der Waals surface area contributed by atoms with Gasteiger partial charge < -0.3 is 5.73 Å². The molecule has 0 heterocycles. The summed E-state index contributed by atoms with van der Waals surface area (Å²) in [4.78, 5) is 0. The van der Waals surface area contributed by atoms with E-state index in [1.54, 1.807) is 0 Å². The van der Waals surface area contributed by atoms with Gasteiger partial charge in [-0.25, -0.2) is 0 Å². The Hall–Kier alpha value is -1.08. The van der Waals surface area contributed by atoms with Crippen LogP contribution in [0.2, 0.25) is 0 Å². The van der Waals surface area contributed by atoms with Gasteiger partial charge in [-0.15, -0.1) is 6.58 Å². The van der Waals surface area contributed by atoms with Crippen LogP contribution in [-0.4, -0.2) is 6.54 Å². The molecule has 0 amide bonds. The predicted molar refractivity (Wildman–Crippen MR) is 67.0 cm³/mol. The summed E-state index contributed by atoms with van der Waals surface area (Å²) in [6.45, 7) is 10.9. The highest BCUT2D eigenvalue weighted by atomic mass is 14.6. The average molecular weight is 203 g/mol. The van der Waals surface area contributed by atoms with Crippen molar-refractivity contribution < 1.29 is 0 Å². The molecular weight excluding hydrogens is 182 g/mol. The topological polar surface area (TPSA) is 26.0 Å². The first-order chi connectivity index (χ1) is 7.00. The molecule has 0 aromatic heterocycles. The fourth-order valence-electron chi connectivity index (χ4n) is 1.61. The molecule has 0 aliphatic rings. The lowest BCUT2D eigenvalue weighted by Gasteiger charge is -2.24. The van der Waals surface area contributed by atoms with Gasteiger partial charge in [0, 0.05) is 12.0 Å². The summed E-state index contributed by atoms with van der Waals surface area (Å²) in [5.41, 5.74) is 9.80. The first-order valence-electron chi connectivity index (χ1n) is 5.40. The van der Waals surface area contributed by atoms with Crippen molar-refractivity contribution in [2.45, 2.75) is 27.2 Å². The van der Waals surface area contributed by atoms with E-state index >= 15 is 0 Å². The Labute approximate surface area is 93.0 Å². The van der Waals surface area contributed by atoms with E-state index in [2.05, 4.69) is 45.5 Å². The van der Waals surface area contributed by atoms with E-state index in [-0.39, 0.29) is 5.41 Å². The first-order valence-corrected chi connectivity index (χ1v) is 5.40. The Balaban J connectivity index is 2.89. The standard InChI is InChI=1S/C14H21N/c1-5-14(4,10-15)9-13-7-6-11(2)12(3)8-13/h5-8H,1,9-10,15H2,2-4H3. The van der Waals surface area contributed by atoms with Gasteiger partial charge in [0.2, 0.25) is 0 Å². The number of nitrogens with two attached hydrogens (primary N) is 1. The summed E-state index contributed by atoms with van der Waals surface area (Å²) < 4.78 is 0. The van der Waals surface area contributed by atoms with E-state index in [0.29, 0.717) is 6.54 Å². The van der Waals surface area contributed by atoms with Crippen molar-refractivity contribution in [3.05, 3.63) is 47.5 Å². The molecule has 1 aromatic carbocycles. The highest BCUT2D eigenvalue weighted by Crippen LogP contribution is 2.23. The maximum absolute atomic E-state index is 5.76. The molecule has 1 rings (SSSR count). The Morgan fingerprint density at radius 2 is 2.00 bits per heavy atom. The molecule has 0 aliphatic heterocycles. The molecule has 82 valence electrons. The van der Waals surface area contributed by atoms with Gasteiger partial charge in [0.25, 0.3) is 0 Å². The second-order valence-corrected chi connectivity index (χ2v) is 4.66. The van der Waals surface area contributed by atoms with Gasteiger partial charge in [-0.05, 0) is 37.0 Å². The fourth-order valence-corrected chi connectivity index (χ4v) is 1.61. The largest absolute Gasteiger partial charge is 0.330 e. The van der Waals surface area contributed by atoms with Crippen LogP contribution in [0.1, 0.15) is 23.6 Å². The third-order valence-electron chi connectivity index (χ3n) is 3.14. The number of hydrogen-bond donors (Lipinski definition) is 1. The smallest absolute Gasteiger partial charge is 0.00146 e. The van der Waals surface area contributed by atoms with Crippen molar-refractivity contribution in [1.29, 1.82) is 0 Å². The number of rotatable bonds is 4. The molecule has 1 nitrogen and oxygen atoms in total. The summed E-state index contributed by atoms with van der Waals surface area (Å²) in [5, 5.41) is 0. The zero-order chi connectivity index (χ0) is 11.5. The second kappa shape index (κ2) is 4.63. The molecule has 0 bridgehead atoms. The molecule has 2 N–H and O–H groups in total. The lowest BCUT2D eigenvalue weighted by molar-refractivity contribution is 0.439. The molecule has 15 heavy (non-hydrogen) atoms. The maximum atomic E-state index is 5.76. The monoisotopic (exact) mass is 203 g/mol. The van der Waals surface area contributed by atoms with Gasteiger partial charge in [-0.2, -0.15) is 0 Å². The summed E-state index contributed by atoms with van der Waals surface area (Å²) in [6.07, 6.45) is 2.93. The van der Waals surface area contributed by atoms with Crippen LogP contribution in [0.25, 0.3) is 0 Å². The second-order valence-electron chi connectivity index (χ2n) is 4.66. The van der Waals surface area contributed by atoms with Crippen molar-refractivity contribution in [1.82, 2.24) is 0 Å². The van der Waals surface area contributed by atoms with Gasteiger partial charge >= 0.3 is 0 Å². The highest BCUT2D eigenvalue weighted by molar-refractivity contribution is 5.31. The van der Waals surface area contributed by atoms with Crippen molar-refractivity contribution in [3.63, 3.8) is 0 Å². The van der Waals surface area contributed by atoms with Crippen molar-refractivity contribution >= 4 is 0 Å². The van der Waals surface area contributed by atoms with Crippen LogP contribution in [0.4, 0.5) is 0 Å². The normalized spacial score (nSPS) is 14.7. The zero-order valence-electron chi connectivity index (χ0n) is 10.0. The van der Waals surface area contributed by atoms with Gasteiger partial charge in [-0.1, -0.05) is 31.2 Å². The average Bonchev–Trinajstić information content (AvgIpc) is 2.23. The number of hydrogen-bond acceptors (Lipinski definition) is 1.